The Morgan fingerprint density at radius 1 is 1.24 bits per heavy atom. The van der Waals surface area contributed by atoms with Gasteiger partial charge in [-0.05, 0) is 30.3 Å². The SMILES string of the molecule is O=C(O)CCOCCN1C(=O)C(Cc2ccc(-c3ccc(Cl)c(Cl)c3)o2)SC1=S. The minimum absolute atomic E-state index is 0.0740. The number of benzene rings is 1. The number of thiocarbonyl (C=S) groups is 1. The average molecular weight is 474 g/mol. The van der Waals surface area contributed by atoms with Crippen LogP contribution in [0.15, 0.2) is 34.7 Å². The standard InChI is InChI=1S/C19H17Cl2NO5S2/c20-13-3-1-11(9-14(13)21)15-4-2-12(27-15)10-16-18(25)22(19(28)29-16)6-8-26-7-5-17(23)24/h1-4,9,16H,5-8,10H2,(H,23,24). The van der Waals surface area contributed by atoms with Crippen LogP contribution in [0.2, 0.25) is 10.0 Å². The Bertz CT molecular complexity index is 933. The van der Waals surface area contributed by atoms with Crippen LogP contribution in [0.3, 0.4) is 0 Å². The highest BCUT2D eigenvalue weighted by molar-refractivity contribution is 8.24. The van der Waals surface area contributed by atoms with Gasteiger partial charge in [-0.25, -0.2) is 0 Å². The molecule has 154 valence electrons. The molecule has 1 aliphatic heterocycles. The van der Waals surface area contributed by atoms with E-state index in [1.54, 1.807) is 12.1 Å². The Morgan fingerprint density at radius 2 is 2.03 bits per heavy atom. The molecule has 1 aliphatic rings. The first-order valence-corrected chi connectivity index (χ1v) is 10.7. The van der Waals surface area contributed by atoms with E-state index >= 15 is 0 Å². The molecule has 0 radical (unpaired) electrons. The topological polar surface area (TPSA) is 80.0 Å². The van der Waals surface area contributed by atoms with Gasteiger partial charge in [0, 0.05) is 12.0 Å². The molecule has 2 heterocycles. The van der Waals surface area contributed by atoms with Crippen LogP contribution in [0.5, 0.6) is 0 Å². The quantitative estimate of drug-likeness (QED) is 0.423. The number of furan rings is 1. The van der Waals surface area contributed by atoms with Gasteiger partial charge < -0.3 is 14.3 Å². The summed E-state index contributed by atoms with van der Waals surface area (Å²) in [6.07, 6.45) is 0.330. The van der Waals surface area contributed by atoms with E-state index in [1.165, 1.54) is 16.7 Å². The van der Waals surface area contributed by atoms with Gasteiger partial charge in [-0.15, -0.1) is 0 Å². The second kappa shape index (κ2) is 9.95. The van der Waals surface area contributed by atoms with E-state index in [4.69, 9.17) is 49.7 Å². The number of hydrogen-bond donors (Lipinski definition) is 1. The first-order valence-electron chi connectivity index (χ1n) is 8.71. The van der Waals surface area contributed by atoms with Gasteiger partial charge in [0.15, 0.2) is 0 Å². The number of carbonyl (C=O) groups excluding carboxylic acids is 1. The second-order valence-electron chi connectivity index (χ2n) is 6.22. The van der Waals surface area contributed by atoms with Crippen LogP contribution in [0.1, 0.15) is 12.2 Å². The van der Waals surface area contributed by atoms with Gasteiger partial charge in [0.2, 0.25) is 5.91 Å². The first-order chi connectivity index (χ1) is 13.8. The molecule has 0 spiro atoms. The van der Waals surface area contributed by atoms with Crippen molar-refractivity contribution >= 4 is 63.4 Å². The summed E-state index contributed by atoms with van der Waals surface area (Å²) in [5.74, 6) is 0.279. The van der Waals surface area contributed by atoms with Crippen molar-refractivity contribution in [2.45, 2.75) is 18.1 Å². The highest BCUT2D eigenvalue weighted by atomic mass is 35.5. The number of aliphatic carboxylic acids is 1. The molecule has 10 heteroatoms. The summed E-state index contributed by atoms with van der Waals surface area (Å²) in [7, 11) is 0. The Balaban J connectivity index is 1.56. The molecule has 0 aliphatic carbocycles. The lowest BCUT2D eigenvalue weighted by Gasteiger charge is -2.15. The summed E-state index contributed by atoms with van der Waals surface area (Å²) >= 11 is 18.6. The molecule has 0 saturated carbocycles. The zero-order valence-electron chi connectivity index (χ0n) is 15.1. The van der Waals surface area contributed by atoms with Crippen LogP contribution in [0.4, 0.5) is 0 Å². The zero-order valence-corrected chi connectivity index (χ0v) is 18.2. The lowest BCUT2D eigenvalue weighted by Crippen LogP contribution is -2.34. The van der Waals surface area contributed by atoms with Gasteiger partial charge in [-0.1, -0.05) is 47.2 Å². The minimum atomic E-state index is -0.924. The van der Waals surface area contributed by atoms with Crippen LogP contribution >= 0.6 is 47.2 Å². The number of thioether (sulfide) groups is 1. The number of nitrogens with zero attached hydrogens (tertiary/aromatic N) is 1. The Labute approximate surface area is 187 Å². The van der Waals surface area contributed by atoms with Gasteiger partial charge in [0.05, 0.1) is 41.5 Å². The van der Waals surface area contributed by atoms with E-state index in [0.717, 1.165) is 5.56 Å². The molecule has 3 rings (SSSR count). The Morgan fingerprint density at radius 3 is 2.76 bits per heavy atom. The van der Waals surface area contributed by atoms with Gasteiger partial charge in [0.1, 0.15) is 15.8 Å². The minimum Gasteiger partial charge on any atom is -0.481 e. The van der Waals surface area contributed by atoms with E-state index in [0.29, 0.717) is 38.9 Å². The largest absolute Gasteiger partial charge is 0.481 e. The van der Waals surface area contributed by atoms with Crippen molar-refractivity contribution in [3.8, 4) is 11.3 Å². The van der Waals surface area contributed by atoms with Crippen molar-refractivity contribution in [3.63, 3.8) is 0 Å². The van der Waals surface area contributed by atoms with Crippen LogP contribution in [-0.2, 0) is 20.7 Å². The molecule has 1 N–H and O–H groups in total. The fourth-order valence-electron chi connectivity index (χ4n) is 2.72. The molecular weight excluding hydrogens is 457 g/mol. The predicted molar refractivity (Wildman–Crippen MR) is 117 cm³/mol. The van der Waals surface area contributed by atoms with Crippen LogP contribution in [0, 0.1) is 0 Å². The molecule has 2 aromatic rings. The number of rotatable bonds is 9. The Hall–Kier alpha value is -1.58. The van der Waals surface area contributed by atoms with Crippen molar-refractivity contribution in [2.75, 3.05) is 19.8 Å². The van der Waals surface area contributed by atoms with Crippen molar-refractivity contribution in [1.82, 2.24) is 4.90 Å². The first kappa shape index (κ1) is 22.1. The zero-order chi connectivity index (χ0) is 21.0. The summed E-state index contributed by atoms with van der Waals surface area (Å²) < 4.78 is 11.6. The van der Waals surface area contributed by atoms with E-state index in [1.807, 2.05) is 18.2 Å². The third-order valence-corrected chi connectivity index (χ3v) is 6.50. The summed E-state index contributed by atoms with van der Waals surface area (Å²) in [5, 5.41) is 9.14. The fraction of sp³-hybridized carbons (Fsp3) is 0.316. The van der Waals surface area contributed by atoms with Gasteiger partial charge in [0.25, 0.3) is 0 Å². The third-order valence-electron chi connectivity index (χ3n) is 4.18. The van der Waals surface area contributed by atoms with Crippen molar-refractivity contribution in [3.05, 3.63) is 46.1 Å². The average Bonchev–Trinajstić information content (AvgIpc) is 3.23. The monoisotopic (exact) mass is 473 g/mol. The van der Waals surface area contributed by atoms with Crippen molar-refractivity contribution < 1.29 is 23.8 Å². The molecule has 6 nitrogen and oxygen atoms in total. The molecule has 1 amide bonds. The summed E-state index contributed by atoms with van der Waals surface area (Å²) in [5.41, 5.74) is 0.798. The summed E-state index contributed by atoms with van der Waals surface area (Å²) in [6, 6.07) is 8.89. The maximum absolute atomic E-state index is 12.6. The normalized spacial score (nSPS) is 16.6. The molecule has 29 heavy (non-hydrogen) atoms. The lowest BCUT2D eigenvalue weighted by atomic mass is 10.2. The van der Waals surface area contributed by atoms with Gasteiger partial charge in [-0.3, -0.25) is 14.5 Å². The number of ether oxygens (including phenoxy) is 1. The molecule has 1 fully saturated rings. The highest BCUT2D eigenvalue weighted by Gasteiger charge is 2.37. The summed E-state index contributed by atoms with van der Waals surface area (Å²) in [6.45, 7) is 0.632. The van der Waals surface area contributed by atoms with E-state index in [2.05, 4.69) is 0 Å². The van der Waals surface area contributed by atoms with Gasteiger partial charge in [-0.2, -0.15) is 0 Å². The van der Waals surface area contributed by atoms with Crippen LogP contribution in [0.25, 0.3) is 11.3 Å². The van der Waals surface area contributed by atoms with E-state index in [9.17, 15) is 9.59 Å². The number of halogens is 2. The molecule has 1 aromatic heterocycles. The highest BCUT2D eigenvalue weighted by Crippen LogP contribution is 2.33. The smallest absolute Gasteiger partial charge is 0.305 e. The van der Waals surface area contributed by atoms with Crippen LogP contribution < -0.4 is 0 Å². The van der Waals surface area contributed by atoms with Gasteiger partial charge >= 0.3 is 5.97 Å². The number of amides is 1. The molecule has 1 aromatic carbocycles. The third kappa shape index (κ3) is 5.73. The molecule has 1 unspecified atom stereocenters. The predicted octanol–water partition coefficient (Wildman–Crippen LogP) is 4.52. The Kier molecular flexibility index (Phi) is 7.59. The lowest BCUT2D eigenvalue weighted by molar-refractivity contribution is -0.138. The maximum atomic E-state index is 12.6. The maximum Gasteiger partial charge on any atom is 0.305 e. The number of carboxylic acids is 1. The number of carboxylic acid groups (broad SMARTS) is 1. The number of carbonyl (C=O) groups is 2. The van der Waals surface area contributed by atoms with Crippen LogP contribution in [-0.4, -0.2) is 51.2 Å². The molecular formula is C19H17Cl2NO5S2. The molecule has 1 atom stereocenters. The van der Waals surface area contributed by atoms with E-state index in [-0.39, 0.29) is 30.8 Å². The summed E-state index contributed by atoms with van der Waals surface area (Å²) in [4.78, 5) is 24.6. The molecule has 1 saturated heterocycles. The van der Waals surface area contributed by atoms with Crippen molar-refractivity contribution in [1.29, 1.82) is 0 Å². The van der Waals surface area contributed by atoms with Crippen molar-refractivity contribution in [2.24, 2.45) is 0 Å². The molecule has 0 bridgehead atoms. The fourth-order valence-corrected chi connectivity index (χ4v) is 4.58. The second-order valence-corrected chi connectivity index (χ2v) is 8.87. The van der Waals surface area contributed by atoms with E-state index < -0.39 is 5.97 Å². The number of hydrogen-bond acceptors (Lipinski definition) is 6.